The monoisotopic (exact) mass is 655 g/mol. The lowest BCUT2D eigenvalue weighted by Gasteiger charge is -2.23. The molecule has 1 saturated heterocycles. The van der Waals surface area contributed by atoms with Gasteiger partial charge in [0.1, 0.15) is 24.7 Å². The molecule has 0 spiro atoms. The average molecular weight is 657 g/mol. The normalized spacial score (nSPS) is 17.4. The second-order valence-corrected chi connectivity index (χ2v) is 12.4. The Hall–Kier alpha value is -3.77. The fourth-order valence-corrected chi connectivity index (χ4v) is 7.19. The first-order valence-corrected chi connectivity index (χ1v) is 15.7. The molecule has 13 heteroatoms. The zero-order valence-corrected chi connectivity index (χ0v) is 25.7. The molecule has 2 aliphatic heterocycles. The van der Waals surface area contributed by atoms with Crippen molar-refractivity contribution in [2.24, 2.45) is 0 Å². The van der Waals surface area contributed by atoms with Gasteiger partial charge in [0.25, 0.3) is 5.78 Å². The van der Waals surface area contributed by atoms with Gasteiger partial charge in [0.05, 0.1) is 18.2 Å². The van der Waals surface area contributed by atoms with E-state index in [-0.39, 0.29) is 16.5 Å². The topological polar surface area (TPSA) is 111 Å². The van der Waals surface area contributed by atoms with Gasteiger partial charge in [0, 0.05) is 21.4 Å². The maximum Gasteiger partial charge on any atom is 0.301 e. The fraction of sp³-hybridized carbons (Fsp3) is 0.200. The highest BCUT2D eigenvalue weighted by Crippen LogP contribution is 2.45. The molecule has 1 amide bonds. The summed E-state index contributed by atoms with van der Waals surface area (Å²) >= 11 is 14.9. The standard InChI is InChI=1S/C30H23Cl2N3O6S2/c1-2-39-20-5-3-4-16(12-20)25-24(26(36)17-7-9-22-23(13-17)41-11-10-40-22)27(37)28(38)35(25)29-33-34-30(43-29)42-15-18-6-8-19(31)14-21(18)32/h3-9,12-14,25,36H,2,10-11,15H2,1H3/t25-/m0/s1. The lowest BCUT2D eigenvalue weighted by atomic mass is 9.95. The van der Waals surface area contributed by atoms with Crippen molar-refractivity contribution >= 4 is 68.9 Å². The number of thioether (sulfide) groups is 1. The van der Waals surface area contributed by atoms with Gasteiger partial charge in [-0.25, -0.2) is 0 Å². The highest BCUT2D eigenvalue weighted by Gasteiger charge is 2.48. The molecule has 0 radical (unpaired) electrons. The number of Topliss-reactive ketones (excluding diaryl/α,β-unsaturated/α-hetero) is 1. The summed E-state index contributed by atoms with van der Waals surface area (Å²) in [5.74, 6) is -0.0165. The van der Waals surface area contributed by atoms with Crippen LogP contribution < -0.4 is 19.1 Å². The molecule has 43 heavy (non-hydrogen) atoms. The van der Waals surface area contributed by atoms with Crippen molar-refractivity contribution in [2.75, 3.05) is 24.7 Å². The van der Waals surface area contributed by atoms with Gasteiger partial charge < -0.3 is 19.3 Å². The number of fused-ring (bicyclic) bond motifs is 1. The van der Waals surface area contributed by atoms with E-state index < -0.39 is 17.7 Å². The molecule has 0 unspecified atom stereocenters. The number of hydrogen-bond acceptors (Lipinski definition) is 10. The molecule has 9 nitrogen and oxygen atoms in total. The summed E-state index contributed by atoms with van der Waals surface area (Å²) in [5, 5.41) is 21.3. The van der Waals surface area contributed by atoms with E-state index in [1.54, 1.807) is 54.6 Å². The molecule has 1 aromatic heterocycles. The van der Waals surface area contributed by atoms with E-state index in [2.05, 4.69) is 10.2 Å². The first-order chi connectivity index (χ1) is 20.8. The number of ketones is 1. The minimum absolute atomic E-state index is 0.0901. The van der Waals surface area contributed by atoms with Crippen LogP contribution in [-0.4, -0.2) is 46.8 Å². The molecular weight excluding hydrogens is 633 g/mol. The molecule has 1 fully saturated rings. The van der Waals surface area contributed by atoms with Crippen molar-refractivity contribution in [3.8, 4) is 17.2 Å². The van der Waals surface area contributed by atoms with Crippen LogP contribution in [0.5, 0.6) is 17.2 Å². The first kappa shape index (κ1) is 29.3. The van der Waals surface area contributed by atoms with Gasteiger partial charge in [-0.2, -0.15) is 0 Å². The Morgan fingerprint density at radius 3 is 2.67 bits per heavy atom. The molecule has 1 N–H and O–H groups in total. The Bertz CT molecular complexity index is 1760. The summed E-state index contributed by atoms with van der Waals surface area (Å²) in [6, 6.07) is 16.2. The number of halogens is 2. The molecule has 0 bridgehead atoms. The lowest BCUT2D eigenvalue weighted by molar-refractivity contribution is -0.132. The summed E-state index contributed by atoms with van der Waals surface area (Å²) in [5.41, 5.74) is 1.64. The van der Waals surface area contributed by atoms with E-state index in [1.165, 1.54) is 16.7 Å². The maximum atomic E-state index is 13.6. The van der Waals surface area contributed by atoms with Gasteiger partial charge in [0.15, 0.2) is 15.8 Å². The summed E-state index contributed by atoms with van der Waals surface area (Å²) in [4.78, 5) is 28.5. The molecule has 1 atom stereocenters. The van der Waals surface area contributed by atoms with Crippen LogP contribution in [0.1, 0.15) is 29.7 Å². The highest BCUT2D eigenvalue weighted by atomic mass is 35.5. The average Bonchev–Trinajstić information content (AvgIpc) is 3.58. The zero-order valence-electron chi connectivity index (χ0n) is 22.6. The molecule has 3 heterocycles. The first-order valence-electron chi connectivity index (χ1n) is 13.2. The molecule has 220 valence electrons. The number of rotatable bonds is 8. The number of anilines is 1. The van der Waals surface area contributed by atoms with Gasteiger partial charge in [-0.3, -0.25) is 14.5 Å². The molecule has 0 aliphatic carbocycles. The molecule has 6 rings (SSSR count). The lowest BCUT2D eigenvalue weighted by Crippen LogP contribution is -2.29. The minimum Gasteiger partial charge on any atom is -0.507 e. The van der Waals surface area contributed by atoms with Crippen LogP contribution in [0.3, 0.4) is 0 Å². The van der Waals surface area contributed by atoms with Crippen LogP contribution in [0, 0.1) is 0 Å². The van der Waals surface area contributed by atoms with Gasteiger partial charge in [-0.1, -0.05) is 64.5 Å². The maximum absolute atomic E-state index is 13.6. The largest absolute Gasteiger partial charge is 0.507 e. The highest BCUT2D eigenvalue weighted by molar-refractivity contribution is 8.00. The van der Waals surface area contributed by atoms with Gasteiger partial charge in [-0.15, -0.1) is 10.2 Å². The Morgan fingerprint density at radius 2 is 1.88 bits per heavy atom. The number of aromatic nitrogens is 2. The number of aliphatic hydroxyl groups excluding tert-OH is 1. The number of ether oxygens (including phenoxy) is 3. The van der Waals surface area contributed by atoms with E-state index in [4.69, 9.17) is 37.4 Å². The third-order valence-corrected chi connectivity index (χ3v) is 9.40. The van der Waals surface area contributed by atoms with Crippen LogP contribution in [-0.2, 0) is 15.3 Å². The van der Waals surface area contributed by atoms with Gasteiger partial charge in [0.2, 0.25) is 5.13 Å². The summed E-state index contributed by atoms with van der Waals surface area (Å²) in [6.07, 6.45) is 0. The van der Waals surface area contributed by atoms with Crippen molar-refractivity contribution in [1.82, 2.24) is 10.2 Å². The number of carbonyl (C=O) groups excluding carboxylic acids is 2. The van der Waals surface area contributed by atoms with Crippen LogP contribution in [0.25, 0.3) is 5.76 Å². The molecule has 3 aromatic carbocycles. The summed E-state index contributed by atoms with van der Waals surface area (Å²) < 4.78 is 17.5. The van der Waals surface area contributed by atoms with Crippen LogP contribution in [0.15, 0.2) is 70.6 Å². The smallest absolute Gasteiger partial charge is 0.301 e. The number of aliphatic hydroxyl groups is 1. The Balaban J connectivity index is 1.39. The van der Waals surface area contributed by atoms with Gasteiger partial charge >= 0.3 is 5.91 Å². The predicted octanol–water partition coefficient (Wildman–Crippen LogP) is 6.93. The summed E-state index contributed by atoms with van der Waals surface area (Å²) in [6.45, 7) is 3.05. The number of amides is 1. The number of hydrogen-bond donors (Lipinski definition) is 1. The molecule has 2 aliphatic rings. The number of benzene rings is 3. The summed E-state index contributed by atoms with van der Waals surface area (Å²) in [7, 11) is 0. The Morgan fingerprint density at radius 1 is 1.07 bits per heavy atom. The van der Waals surface area contributed by atoms with E-state index in [0.29, 0.717) is 68.3 Å². The predicted molar refractivity (Wildman–Crippen MR) is 166 cm³/mol. The third-order valence-electron chi connectivity index (χ3n) is 6.71. The number of carbonyl (C=O) groups is 2. The van der Waals surface area contributed by atoms with Gasteiger partial charge in [-0.05, 0) is 60.5 Å². The third kappa shape index (κ3) is 5.90. The number of nitrogens with zero attached hydrogens (tertiary/aromatic N) is 3. The fourth-order valence-electron chi connectivity index (χ4n) is 4.77. The van der Waals surface area contributed by atoms with E-state index in [0.717, 1.165) is 16.9 Å². The second kappa shape index (κ2) is 12.5. The van der Waals surface area contributed by atoms with Crippen LogP contribution >= 0.6 is 46.3 Å². The van der Waals surface area contributed by atoms with E-state index in [9.17, 15) is 14.7 Å². The second-order valence-electron chi connectivity index (χ2n) is 9.41. The quantitative estimate of drug-likeness (QED) is 0.0710. The SMILES string of the molecule is CCOc1cccc([C@H]2C(=C(O)c3ccc4c(c3)OCCO4)C(=O)C(=O)N2c2nnc(SCc3ccc(Cl)cc3Cl)s2)c1. The van der Waals surface area contributed by atoms with Crippen molar-refractivity contribution in [2.45, 2.75) is 23.1 Å². The van der Waals surface area contributed by atoms with Crippen molar-refractivity contribution in [3.05, 3.63) is 93.0 Å². The molecule has 0 saturated carbocycles. The zero-order chi connectivity index (χ0) is 30.1. The Labute approximate surface area is 265 Å². The van der Waals surface area contributed by atoms with Crippen molar-refractivity contribution < 1.29 is 28.9 Å². The van der Waals surface area contributed by atoms with E-state index >= 15 is 0 Å². The molecule has 4 aromatic rings. The van der Waals surface area contributed by atoms with Crippen LogP contribution in [0.2, 0.25) is 10.0 Å². The molecular formula is C30H23Cl2N3O6S2. The van der Waals surface area contributed by atoms with Crippen LogP contribution in [0.4, 0.5) is 5.13 Å². The minimum atomic E-state index is -0.995. The Kier molecular flexibility index (Phi) is 8.49. The van der Waals surface area contributed by atoms with Crippen molar-refractivity contribution in [3.63, 3.8) is 0 Å². The van der Waals surface area contributed by atoms with Crippen molar-refractivity contribution in [1.29, 1.82) is 0 Å². The van der Waals surface area contributed by atoms with E-state index in [1.807, 2.05) is 13.0 Å².